The van der Waals surface area contributed by atoms with Gasteiger partial charge >= 0.3 is 0 Å². The summed E-state index contributed by atoms with van der Waals surface area (Å²) in [7, 11) is 1.79. The molecule has 0 aromatic heterocycles. The van der Waals surface area contributed by atoms with Crippen molar-refractivity contribution >= 4 is 0 Å². The van der Waals surface area contributed by atoms with Crippen LogP contribution in [0, 0.1) is 13.8 Å². The van der Waals surface area contributed by atoms with Crippen molar-refractivity contribution in [2.75, 3.05) is 7.11 Å². The van der Waals surface area contributed by atoms with Gasteiger partial charge in [0, 0.05) is 19.7 Å². The number of phenols is 1. The molecule has 0 saturated heterocycles. The van der Waals surface area contributed by atoms with Gasteiger partial charge in [-0.15, -0.1) is 0 Å². The summed E-state index contributed by atoms with van der Waals surface area (Å²) in [6, 6.07) is 4.56. The summed E-state index contributed by atoms with van der Waals surface area (Å²) in [4.78, 5) is 0. The average Bonchev–Trinajstić information content (AvgIpc) is 2.80. The first-order valence-electron chi connectivity index (χ1n) is 6.67. The molecular formula is C15H23NO2. The molecule has 1 aliphatic rings. The standard InChI is InChI=1S/C15H23NO2/c1-10-7-12(8-11(2)15(10)17)9-16-13-5-4-6-14(13)18-3/h7-8,13-14,16-17H,4-6,9H2,1-3H3. The molecule has 0 bridgehead atoms. The van der Waals surface area contributed by atoms with Gasteiger partial charge in [0.2, 0.25) is 0 Å². The zero-order chi connectivity index (χ0) is 13.1. The summed E-state index contributed by atoms with van der Waals surface area (Å²) < 4.78 is 5.48. The number of hydrogen-bond acceptors (Lipinski definition) is 3. The molecule has 18 heavy (non-hydrogen) atoms. The van der Waals surface area contributed by atoms with Crippen molar-refractivity contribution < 1.29 is 9.84 Å². The van der Waals surface area contributed by atoms with E-state index in [-0.39, 0.29) is 0 Å². The van der Waals surface area contributed by atoms with Crippen molar-refractivity contribution in [3.63, 3.8) is 0 Å². The van der Waals surface area contributed by atoms with E-state index in [0.717, 1.165) is 24.1 Å². The lowest BCUT2D eigenvalue weighted by Gasteiger charge is -2.20. The van der Waals surface area contributed by atoms with E-state index < -0.39 is 0 Å². The number of benzene rings is 1. The Hall–Kier alpha value is -1.06. The number of hydrogen-bond donors (Lipinski definition) is 2. The van der Waals surface area contributed by atoms with Crippen LogP contribution in [0.1, 0.15) is 36.0 Å². The van der Waals surface area contributed by atoms with E-state index in [1.165, 1.54) is 18.4 Å². The number of nitrogens with one attached hydrogen (secondary N) is 1. The number of phenolic OH excluding ortho intramolecular Hbond substituents is 1. The lowest BCUT2D eigenvalue weighted by atomic mass is 10.1. The molecule has 1 saturated carbocycles. The summed E-state index contributed by atoms with van der Waals surface area (Å²) in [5, 5.41) is 13.3. The Morgan fingerprint density at radius 3 is 2.56 bits per heavy atom. The molecule has 2 rings (SSSR count). The predicted octanol–water partition coefficient (Wildman–Crippen LogP) is 2.67. The molecule has 0 heterocycles. The molecule has 1 aliphatic carbocycles. The first-order chi connectivity index (χ1) is 8.61. The van der Waals surface area contributed by atoms with Gasteiger partial charge in [-0.3, -0.25) is 0 Å². The Morgan fingerprint density at radius 1 is 1.28 bits per heavy atom. The van der Waals surface area contributed by atoms with Gasteiger partial charge in [-0.25, -0.2) is 0 Å². The minimum absolute atomic E-state index is 0.351. The van der Waals surface area contributed by atoms with Gasteiger partial charge in [0.1, 0.15) is 5.75 Å². The van der Waals surface area contributed by atoms with Crippen LogP contribution in [0.4, 0.5) is 0 Å². The quantitative estimate of drug-likeness (QED) is 0.862. The Morgan fingerprint density at radius 2 is 1.94 bits per heavy atom. The van der Waals surface area contributed by atoms with Gasteiger partial charge in [-0.2, -0.15) is 0 Å². The minimum Gasteiger partial charge on any atom is -0.507 e. The van der Waals surface area contributed by atoms with Gasteiger partial charge in [-0.05, 0) is 49.8 Å². The van der Waals surface area contributed by atoms with Crippen LogP contribution in [-0.4, -0.2) is 24.4 Å². The third-order valence-electron chi connectivity index (χ3n) is 3.87. The maximum Gasteiger partial charge on any atom is 0.121 e. The Labute approximate surface area is 109 Å². The number of ether oxygens (including phenoxy) is 1. The van der Waals surface area contributed by atoms with Crippen LogP contribution in [-0.2, 0) is 11.3 Å². The molecule has 0 radical (unpaired) electrons. The van der Waals surface area contributed by atoms with Gasteiger partial charge in [0.15, 0.2) is 0 Å². The van der Waals surface area contributed by atoms with E-state index in [1.807, 2.05) is 26.0 Å². The van der Waals surface area contributed by atoms with Crippen molar-refractivity contribution in [2.45, 2.75) is 51.8 Å². The Bertz CT molecular complexity index is 394. The summed E-state index contributed by atoms with van der Waals surface area (Å²) >= 11 is 0. The van der Waals surface area contributed by atoms with Crippen molar-refractivity contribution in [1.82, 2.24) is 5.32 Å². The van der Waals surface area contributed by atoms with Crippen LogP contribution in [0.5, 0.6) is 5.75 Å². The van der Waals surface area contributed by atoms with E-state index in [9.17, 15) is 5.11 Å². The van der Waals surface area contributed by atoms with E-state index in [2.05, 4.69) is 5.32 Å². The normalized spacial score (nSPS) is 23.5. The van der Waals surface area contributed by atoms with Crippen LogP contribution in [0.2, 0.25) is 0 Å². The van der Waals surface area contributed by atoms with Crippen molar-refractivity contribution in [2.24, 2.45) is 0 Å². The third-order valence-corrected chi connectivity index (χ3v) is 3.87. The summed E-state index contributed by atoms with van der Waals surface area (Å²) in [5.41, 5.74) is 3.12. The number of aromatic hydroxyl groups is 1. The van der Waals surface area contributed by atoms with E-state index >= 15 is 0 Å². The lowest BCUT2D eigenvalue weighted by Crippen LogP contribution is -2.36. The highest BCUT2D eigenvalue weighted by molar-refractivity contribution is 5.42. The van der Waals surface area contributed by atoms with E-state index in [0.29, 0.717) is 17.9 Å². The van der Waals surface area contributed by atoms with Crippen molar-refractivity contribution in [1.29, 1.82) is 0 Å². The van der Waals surface area contributed by atoms with Crippen LogP contribution in [0.25, 0.3) is 0 Å². The summed E-state index contributed by atoms with van der Waals surface area (Å²) in [6.45, 7) is 4.73. The molecule has 2 atom stereocenters. The monoisotopic (exact) mass is 249 g/mol. The smallest absolute Gasteiger partial charge is 0.121 e. The molecular weight excluding hydrogens is 226 g/mol. The second kappa shape index (κ2) is 5.72. The molecule has 1 aromatic carbocycles. The van der Waals surface area contributed by atoms with Gasteiger partial charge < -0.3 is 15.2 Å². The second-order valence-electron chi connectivity index (χ2n) is 5.27. The topological polar surface area (TPSA) is 41.5 Å². The van der Waals surface area contributed by atoms with Crippen LogP contribution in [0.3, 0.4) is 0 Å². The summed E-state index contributed by atoms with van der Waals surface area (Å²) in [5.74, 6) is 0.411. The first-order valence-corrected chi connectivity index (χ1v) is 6.67. The highest BCUT2D eigenvalue weighted by Gasteiger charge is 2.26. The van der Waals surface area contributed by atoms with E-state index in [4.69, 9.17) is 4.74 Å². The maximum absolute atomic E-state index is 9.75. The number of methoxy groups -OCH3 is 1. The number of aryl methyl sites for hydroxylation is 2. The zero-order valence-electron chi connectivity index (χ0n) is 11.5. The molecule has 100 valence electrons. The van der Waals surface area contributed by atoms with Crippen LogP contribution in [0.15, 0.2) is 12.1 Å². The Kier molecular flexibility index (Phi) is 4.25. The van der Waals surface area contributed by atoms with Gasteiger partial charge in [0.05, 0.1) is 6.10 Å². The number of rotatable bonds is 4. The van der Waals surface area contributed by atoms with Crippen LogP contribution < -0.4 is 5.32 Å². The molecule has 1 aromatic rings. The molecule has 2 unspecified atom stereocenters. The SMILES string of the molecule is COC1CCCC1NCc1cc(C)c(O)c(C)c1. The lowest BCUT2D eigenvalue weighted by molar-refractivity contribution is 0.0847. The third kappa shape index (κ3) is 2.85. The van der Waals surface area contributed by atoms with Crippen LogP contribution >= 0.6 is 0 Å². The molecule has 3 nitrogen and oxygen atoms in total. The van der Waals surface area contributed by atoms with Crippen molar-refractivity contribution in [3.8, 4) is 5.75 Å². The largest absolute Gasteiger partial charge is 0.507 e. The zero-order valence-corrected chi connectivity index (χ0v) is 11.5. The first kappa shape index (κ1) is 13.4. The molecule has 2 N–H and O–H groups in total. The molecule has 0 aliphatic heterocycles. The van der Waals surface area contributed by atoms with Crippen molar-refractivity contribution in [3.05, 3.63) is 28.8 Å². The fourth-order valence-corrected chi connectivity index (χ4v) is 2.84. The van der Waals surface area contributed by atoms with E-state index in [1.54, 1.807) is 7.11 Å². The summed E-state index contributed by atoms with van der Waals surface area (Å²) in [6.07, 6.45) is 3.93. The minimum atomic E-state index is 0.351. The predicted molar refractivity (Wildman–Crippen MR) is 72.9 cm³/mol. The highest BCUT2D eigenvalue weighted by Crippen LogP contribution is 2.24. The molecule has 0 spiro atoms. The molecule has 1 fully saturated rings. The molecule has 0 amide bonds. The fourth-order valence-electron chi connectivity index (χ4n) is 2.84. The Balaban J connectivity index is 1.98. The molecule has 3 heteroatoms. The highest BCUT2D eigenvalue weighted by atomic mass is 16.5. The van der Waals surface area contributed by atoms with Gasteiger partial charge in [-0.1, -0.05) is 12.1 Å². The fraction of sp³-hybridized carbons (Fsp3) is 0.600. The second-order valence-corrected chi connectivity index (χ2v) is 5.27. The average molecular weight is 249 g/mol. The van der Waals surface area contributed by atoms with Gasteiger partial charge in [0.25, 0.3) is 0 Å². The maximum atomic E-state index is 9.75.